The van der Waals surface area contributed by atoms with E-state index in [4.69, 9.17) is 4.74 Å². The quantitative estimate of drug-likeness (QED) is 0.673. The predicted octanol–water partition coefficient (Wildman–Crippen LogP) is 2.62. The minimum atomic E-state index is -0.475. The highest BCUT2D eigenvalue weighted by molar-refractivity contribution is 5.79. The van der Waals surface area contributed by atoms with Crippen LogP contribution in [-0.4, -0.2) is 17.4 Å². The summed E-state index contributed by atoms with van der Waals surface area (Å²) >= 11 is 0. The summed E-state index contributed by atoms with van der Waals surface area (Å²) in [4.78, 5) is 22.5. The average molecular weight is 212 g/mol. The monoisotopic (exact) mass is 212 g/mol. The molecule has 0 N–H and O–H groups in total. The topological polar surface area (TPSA) is 43.4 Å². The van der Waals surface area contributed by atoms with E-state index in [9.17, 15) is 9.59 Å². The van der Waals surface area contributed by atoms with Crippen LogP contribution < -0.4 is 0 Å². The van der Waals surface area contributed by atoms with Gasteiger partial charge in [0.25, 0.3) is 0 Å². The highest BCUT2D eigenvalue weighted by atomic mass is 16.6. The lowest BCUT2D eigenvalue weighted by molar-refractivity contribution is -0.162. The maximum absolute atomic E-state index is 11.5. The van der Waals surface area contributed by atoms with Gasteiger partial charge in [0.2, 0.25) is 0 Å². The molecule has 1 rings (SSSR count). The first-order chi connectivity index (χ1) is 7.08. The van der Waals surface area contributed by atoms with Crippen LogP contribution in [0.5, 0.6) is 0 Å². The number of esters is 1. The minimum Gasteiger partial charge on any atom is -0.459 e. The molecule has 3 heteroatoms. The van der Waals surface area contributed by atoms with E-state index in [2.05, 4.69) is 0 Å². The van der Waals surface area contributed by atoms with Crippen LogP contribution in [0.25, 0.3) is 0 Å². The van der Waals surface area contributed by atoms with Crippen molar-refractivity contribution < 1.29 is 14.3 Å². The molecule has 1 saturated carbocycles. The normalized spacial score (nSPS) is 19.6. The van der Waals surface area contributed by atoms with Gasteiger partial charge in [0, 0.05) is 19.8 Å². The summed E-state index contributed by atoms with van der Waals surface area (Å²) in [5.74, 6) is -0.0704. The van der Waals surface area contributed by atoms with E-state index in [0.717, 1.165) is 25.7 Å². The zero-order chi connectivity index (χ0) is 11.3. The summed E-state index contributed by atoms with van der Waals surface area (Å²) in [5.41, 5.74) is -0.475. The van der Waals surface area contributed by atoms with E-state index >= 15 is 0 Å². The van der Waals surface area contributed by atoms with Crippen molar-refractivity contribution in [2.45, 2.75) is 64.4 Å². The number of rotatable bonds is 4. The highest BCUT2D eigenvalue weighted by Gasteiger charge is 2.36. The second-order valence-corrected chi connectivity index (χ2v) is 4.41. The van der Waals surface area contributed by atoms with Crippen LogP contribution in [-0.2, 0) is 14.3 Å². The molecule has 0 aromatic carbocycles. The van der Waals surface area contributed by atoms with Crippen molar-refractivity contribution in [2.24, 2.45) is 0 Å². The second-order valence-electron chi connectivity index (χ2n) is 4.41. The van der Waals surface area contributed by atoms with Crippen molar-refractivity contribution >= 4 is 11.8 Å². The predicted molar refractivity (Wildman–Crippen MR) is 57.5 cm³/mol. The maximum atomic E-state index is 11.5. The Morgan fingerprint density at radius 1 is 1.20 bits per heavy atom. The van der Waals surface area contributed by atoms with E-state index in [1.54, 1.807) is 0 Å². The third kappa shape index (κ3) is 3.65. The van der Waals surface area contributed by atoms with Gasteiger partial charge in [-0.2, -0.15) is 0 Å². The Morgan fingerprint density at radius 2 is 1.80 bits per heavy atom. The third-order valence-electron chi connectivity index (χ3n) is 3.04. The standard InChI is InChI=1S/C12H20O3/c1-3-11(14)9-12(15-10(2)13)7-5-4-6-8-12/h3-9H2,1-2H3. The van der Waals surface area contributed by atoms with E-state index < -0.39 is 5.60 Å². The van der Waals surface area contributed by atoms with Crippen molar-refractivity contribution in [2.75, 3.05) is 0 Å². The fourth-order valence-corrected chi connectivity index (χ4v) is 2.30. The molecule has 15 heavy (non-hydrogen) atoms. The van der Waals surface area contributed by atoms with Gasteiger partial charge < -0.3 is 4.74 Å². The Labute approximate surface area is 91.2 Å². The lowest BCUT2D eigenvalue weighted by atomic mass is 9.80. The number of Topliss-reactive ketones (excluding diaryl/α,β-unsaturated/α-hetero) is 1. The molecular weight excluding hydrogens is 192 g/mol. The SMILES string of the molecule is CCC(=O)CC1(OC(C)=O)CCCCC1. The molecule has 0 bridgehead atoms. The van der Waals surface area contributed by atoms with Gasteiger partial charge in [-0.3, -0.25) is 9.59 Å². The lowest BCUT2D eigenvalue weighted by Gasteiger charge is -2.36. The van der Waals surface area contributed by atoms with Gasteiger partial charge in [-0.1, -0.05) is 13.3 Å². The van der Waals surface area contributed by atoms with Crippen LogP contribution in [0.3, 0.4) is 0 Å². The van der Waals surface area contributed by atoms with Gasteiger partial charge in [0.05, 0.1) is 0 Å². The summed E-state index contributed by atoms with van der Waals surface area (Å²) in [6, 6.07) is 0. The number of ether oxygens (including phenoxy) is 1. The van der Waals surface area contributed by atoms with Crippen molar-refractivity contribution in [1.29, 1.82) is 0 Å². The fraction of sp³-hybridized carbons (Fsp3) is 0.833. The highest BCUT2D eigenvalue weighted by Crippen LogP contribution is 2.35. The molecule has 0 atom stereocenters. The first-order valence-electron chi connectivity index (χ1n) is 5.79. The molecule has 0 heterocycles. The molecule has 86 valence electrons. The zero-order valence-electron chi connectivity index (χ0n) is 9.67. The summed E-state index contributed by atoms with van der Waals surface area (Å²) in [7, 11) is 0. The van der Waals surface area contributed by atoms with Gasteiger partial charge in [0.15, 0.2) is 0 Å². The molecule has 1 fully saturated rings. The molecule has 0 aromatic heterocycles. The third-order valence-corrected chi connectivity index (χ3v) is 3.04. The van der Waals surface area contributed by atoms with Crippen LogP contribution >= 0.6 is 0 Å². The van der Waals surface area contributed by atoms with Crippen molar-refractivity contribution in [3.05, 3.63) is 0 Å². The molecule has 3 nitrogen and oxygen atoms in total. The van der Waals surface area contributed by atoms with Gasteiger partial charge >= 0.3 is 5.97 Å². The van der Waals surface area contributed by atoms with Crippen molar-refractivity contribution in [3.8, 4) is 0 Å². The van der Waals surface area contributed by atoms with E-state index in [0.29, 0.717) is 12.8 Å². The molecule has 0 radical (unpaired) electrons. The van der Waals surface area contributed by atoms with Gasteiger partial charge in [-0.05, 0) is 25.7 Å². The largest absolute Gasteiger partial charge is 0.459 e. The van der Waals surface area contributed by atoms with Crippen LogP contribution in [0.1, 0.15) is 58.8 Å². The molecular formula is C12H20O3. The number of hydrogen-bond donors (Lipinski definition) is 0. The molecule has 0 spiro atoms. The molecule has 1 aliphatic carbocycles. The van der Waals surface area contributed by atoms with Gasteiger partial charge in [-0.15, -0.1) is 0 Å². The Bertz CT molecular complexity index is 239. The Hall–Kier alpha value is -0.860. The first-order valence-corrected chi connectivity index (χ1v) is 5.79. The molecule has 0 amide bonds. The molecule has 0 aliphatic heterocycles. The zero-order valence-corrected chi connectivity index (χ0v) is 9.67. The van der Waals surface area contributed by atoms with Crippen molar-refractivity contribution in [3.63, 3.8) is 0 Å². The fourth-order valence-electron chi connectivity index (χ4n) is 2.30. The summed E-state index contributed by atoms with van der Waals surface area (Å²) < 4.78 is 5.39. The van der Waals surface area contributed by atoms with Crippen molar-refractivity contribution in [1.82, 2.24) is 0 Å². The van der Waals surface area contributed by atoms with Crippen LogP contribution in [0.2, 0.25) is 0 Å². The molecule has 0 unspecified atom stereocenters. The summed E-state index contributed by atoms with van der Waals surface area (Å²) in [6.07, 6.45) is 5.93. The molecule has 1 aliphatic rings. The smallest absolute Gasteiger partial charge is 0.303 e. The average Bonchev–Trinajstić information content (AvgIpc) is 2.17. The number of ketones is 1. The van der Waals surface area contributed by atoms with Crippen LogP contribution in [0, 0.1) is 0 Å². The van der Waals surface area contributed by atoms with Crippen LogP contribution in [0.15, 0.2) is 0 Å². The van der Waals surface area contributed by atoms with Gasteiger partial charge in [-0.25, -0.2) is 0 Å². The Balaban J connectivity index is 2.65. The van der Waals surface area contributed by atoms with E-state index in [1.807, 2.05) is 6.92 Å². The molecule has 0 saturated heterocycles. The van der Waals surface area contributed by atoms with E-state index in [1.165, 1.54) is 13.3 Å². The number of carbonyl (C=O) groups excluding carboxylic acids is 2. The maximum Gasteiger partial charge on any atom is 0.303 e. The second kappa shape index (κ2) is 5.29. The summed E-state index contributed by atoms with van der Waals surface area (Å²) in [6.45, 7) is 3.28. The molecule has 0 aromatic rings. The first kappa shape index (κ1) is 12.2. The lowest BCUT2D eigenvalue weighted by Crippen LogP contribution is -2.38. The van der Waals surface area contributed by atoms with Crippen LogP contribution in [0.4, 0.5) is 0 Å². The number of carbonyl (C=O) groups is 2. The van der Waals surface area contributed by atoms with Gasteiger partial charge in [0.1, 0.15) is 11.4 Å². The number of hydrogen-bond acceptors (Lipinski definition) is 3. The Kier molecular flexibility index (Phi) is 4.30. The minimum absolute atomic E-state index is 0.193. The summed E-state index contributed by atoms with van der Waals surface area (Å²) in [5, 5.41) is 0. The van der Waals surface area contributed by atoms with E-state index in [-0.39, 0.29) is 11.8 Å². The Morgan fingerprint density at radius 3 is 2.27 bits per heavy atom.